The molecule has 84 valence electrons. The summed E-state index contributed by atoms with van der Waals surface area (Å²) in [7, 11) is 0. The van der Waals surface area contributed by atoms with E-state index in [4.69, 9.17) is 5.73 Å². The molecular formula is C12H15N3S. The first-order chi connectivity index (χ1) is 7.81. The van der Waals surface area contributed by atoms with Crippen LogP contribution in [0.5, 0.6) is 0 Å². The molecule has 0 saturated carbocycles. The van der Waals surface area contributed by atoms with E-state index in [9.17, 15) is 0 Å². The van der Waals surface area contributed by atoms with Crippen molar-refractivity contribution in [1.29, 1.82) is 0 Å². The first-order valence-electron chi connectivity index (χ1n) is 5.38. The predicted molar refractivity (Wildman–Crippen MR) is 66.4 cm³/mol. The van der Waals surface area contributed by atoms with Crippen molar-refractivity contribution in [3.8, 4) is 0 Å². The fraction of sp³-hybridized carbons (Fsp3) is 0.333. The van der Waals surface area contributed by atoms with Gasteiger partial charge in [-0.1, -0.05) is 13.0 Å². The summed E-state index contributed by atoms with van der Waals surface area (Å²) in [5.41, 5.74) is 10.3. The summed E-state index contributed by atoms with van der Waals surface area (Å²) in [4.78, 5) is 9.65. The average molecular weight is 233 g/mol. The lowest BCUT2D eigenvalue weighted by molar-refractivity contribution is 0.691. The van der Waals surface area contributed by atoms with Gasteiger partial charge in [0.25, 0.3) is 0 Å². The summed E-state index contributed by atoms with van der Waals surface area (Å²) in [5, 5.41) is 0. The van der Waals surface area contributed by atoms with E-state index in [1.807, 2.05) is 17.8 Å². The summed E-state index contributed by atoms with van der Waals surface area (Å²) in [6, 6.07) is 4.02. The molecule has 2 rings (SSSR count). The zero-order chi connectivity index (χ0) is 11.4. The third-order valence-electron chi connectivity index (χ3n) is 2.56. The van der Waals surface area contributed by atoms with Gasteiger partial charge in [0.1, 0.15) is 0 Å². The number of aromatic nitrogens is 2. The van der Waals surface area contributed by atoms with Crippen LogP contribution in [0.4, 0.5) is 0 Å². The van der Waals surface area contributed by atoms with Crippen molar-refractivity contribution in [2.24, 2.45) is 5.73 Å². The van der Waals surface area contributed by atoms with Gasteiger partial charge in [0.2, 0.25) is 0 Å². The molecular weight excluding hydrogens is 218 g/mol. The molecule has 0 saturated heterocycles. The topological polar surface area (TPSA) is 51.8 Å². The van der Waals surface area contributed by atoms with Crippen LogP contribution in [0.1, 0.15) is 29.1 Å². The zero-order valence-corrected chi connectivity index (χ0v) is 10.1. The molecule has 0 aliphatic rings. The highest BCUT2D eigenvalue weighted by molar-refractivity contribution is 7.09. The molecule has 1 unspecified atom stereocenters. The molecule has 2 N–H and O–H groups in total. The Hall–Kier alpha value is -1.26. The smallest absolute Gasteiger partial charge is 0.0794 e. The number of rotatable bonds is 4. The zero-order valence-electron chi connectivity index (χ0n) is 9.26. The molecule has 0 aliphatic carbocycles. The Morgan fingerprint density at radius 1 is 1.50 bits per heavy atom. The number of pyridine rings is 1. The van der Waals surface area contributed by atoms with Crippen molar-refractivity contribution in [2.75, 3.05) is 0 Å². The minimum atomic E-state index is -0.0309. The Kier molecular flexibility index (Phi) is 3.64. The molecule has 0 aliphatic heterocycles. The quantitative estimate of drug-likeness (QED) is 0.882. The van der Waals surface area contributed by atoms with Crippen molar-refractivity contribution in [2.45, 2.75) is 25.8 Å². The van der Waals surface area contributed by atoms with Crippen LogP contribution >= 0.6 is 11.3 Å². The van der Waals surface area contributed by atoms with Crippen LogP contribution in [0.3, 0.4) is 0 Å². The maximum Gasteiger partial charge on any atom is 0.0794 e. The lowest BCUT2D eigenvalue weighted by Gasteiger charge is -2.13. The highest BCUT2D eigenvalue weighted by Crippen LogP contribution is 2.19. The van der Waals surface area contributed by atoms with E-state index in [0.29, 0.717) is 0 Å². The number of nitrogens with two attached hydrogens (primary N) is 1. The normalized spacial score (nSPS) is 12.6. The van der Waals surface area contributed by atoms with Gasteiger partial charge in [0, 0.05) is 23.7 Å². The average Bonchev–Trinajstić information content (AvgIpc) is 2.81. The van der Waals surface area contributed by atoms with Gasteiger partial charge in [-0.15, -0.1) is 11.3 Å². The lowest BCUT2D eigenvalue weighted by atomic mass is 10.0. The highest BCUT2D eigenvalue weighted by atomic mass is 32.1. The Morgan fingerprint density at radius 2 is 2.38 bits per heavy atom. The summed E-state index contributed by atoms with van der Waals surface area (Å²) in [5.74, 6) is 0. The lowest BCUT2D eigenvalue weighted by Crippen LogP contribution is -2.16. The fourth-order valence-corrected chi connectivity index (χ4v) is 2.39. The molecule has 2 heterocycles. The standard InChI is InChI=1S/C12H15N3S/c1-2-9-4-3-5-15-12(9)11(13)6-10-7-14-8-16-10/h3-5,7-8,11H,2,6,13H2,1H3. The minimum absolute atomic E-state index is 0.0309. The number of aryl methyl sites for hydroxylation is 1. The van der Waals surface area contributed by atoms with Gasteiger partial charge in [-0.2, -0.15) is 0 Å². The van der Waals surface area contributed by atoms with Crippen molar-refractivity contribution in [1.82, 2.24) is 9.97 Å². The largest absolute Gasteiger partial charge is 0.322 e. The second-order valence-corrected chi connectivity index (χ2v) is 4.65. The first kappa shape index (κ1) is 11.2. The maximum absolute atomic E-state index is 6.18. The Labute approximate surface area is 99.4 Å². The van der Waals surface area contributed by atoms with E-state index in [2.05, 4.69) is 23.0 Å². The Bertz CT molecular complexity index is 439. The summed E-state index contributed by atoms with van der Waals surface area (Å²) >= 11 is 1.64. The molecule has 0 spiro atoms. The molecule has 2 aromatic heterocycles. The molecule has 3 nitrogen and oxygen atoms in total. The molecule has 0 fully saturated rings. The predicted octanol–water partition coefficient (Wildman–Crippen LogP) is 2.34. The van der Waals surface area contributed by atoms with Crippen molar-refractivity contribution < 1.29 is 0 Å². The second kappa shape index (κ2) is 5.18. The van der Waals surface area contributed by atoms with E-state index in [-0.39, 0.29) is 6.04 Å². The van der Waals surface area contributed by atoms with Gasteiger partial charge in [-0.3, -0.25) is 9.97 Å². The maximum atomic E-state index is 6.18. The van der Waals surface area contributed by atoms with Crippen molar-refractivity contribution in [3.63, 3.8) is 0 Å². The summed E-state index contributed by atoms with van der Waals surface area (Å²) < 4.78 is 0. The van der Waals surface area contributed by atoms with Gasteiger partial charge < -0.3 is 5.73 Å². The van der Waals surface area contributed by atoms with Crippen LogP contribution in [-0.4, -0.2) is 9.97 Å². The van der Waals surface area contributed by atoms with Gasteiger partial charge in [-0.05, 0) is 18.1 Å². The number of thiazole rings is 1. The minimum Gasteiger partial charge on any atom is -0.322 e. The third-order valence-corrected chi connectivity index (χ3v) is 3.36. The fourth-order valence-electron chi connectivity index (χ4n) is 1.74. The van der Waals surface area contributed by atoms with E-state index < -0.39 is 0 Å². The SMILES string of the molecule is CCc1cccnc1C(N)Cc1cncs1. The Morgan fingerprint density at radius 3 is 3.06 bits per heavy atom. The van der Waals surface area contributed by atoms with E-state index in [0.717, 1.165) is 18.5 Å². The van der Waals surface area contributed by atoms with Crippen molar-refractivity contribution >= 4 is 11.3 Å². The number of hydrogen-bond acceptors (Lipinski definition) is 4. The summed E-state index contributed by atoms with van der Waals surface area (Å²) in [6.07, 6.45) is 5.47. The van der Waals surface area contributed by atoms with E-state index in [1.165, 1.54) is 10.4 Å². The molecule has 0 amide bonds. The second-order valence-electron chi connectivity index (χ2n) is 3.68. The molecule has 0 bridgehead atoms. The molecule has 16 heavy (non-hydrogen) atoms. The molecule has 0 radical (unpaired) electrons. The van der Waals surface area contributed by atoms with Crippen LogP contribution in [0.2, 0.25) is 0 Å². The molecule has 4 heteroatoms. The highest BCUT2D eigenvalue weighted by Gasteiger charge is 2.12. The van der Waals surface area contributed by atoms with E-state index >= 15 is 0 Å². The molecule has 2 aromatic rings. The Balaban J connectivity index is 2.17. The van der Waals surface area contributed by atoms with Gasteiger partial charge in [0.15, 0.2) is 0 Å². The monoisotopic (exact) mass is 233 g/mol. The molecule has 1 atom stereocenters. The summed E-state index contributed by atoms with van der Waals surface area (Å²) in [6.45, 7) is 2.12. The van der Waals surface area contributed by atoms with Crippen LogP contribution in [0, 0.1) is 0 Å². The number of nitrogens with zero attached hydrogens (tertiary/aromatic N) is 2. The van der Waals surface area contributed by atoms with Gasteiger partial charge in [-0.25, -0.2) is 0 Å². The van der Waals surface area contributed by atoms with Crippen LogP contribution in [-0.2, 0) is 12.8 Å². The van der Waals surface area contributed by atoms with Gasteiger partial charge in [0.05, 0.1) is 17.2 Å². The third kappa shape index (κ3) is 2.46. The van der Waals surface area contributed by atoms with Gasteiger partial charge >= 0.3 is 0 Å². The van der Waals surface area contributed by atoms with Crippen LogP contribution in [0.25, 0.3) is 0 Å². The van der Waals surface area contributed by atoms with Crippen molar-refractivity contribution in [3.05, 3.63) is 46.2 Å². The van der Waals surface area contributed by atoms with Crippen LogP contribution < -0.4 is 5.73 Å². The first-order valence-corrected chi connectivity index (χ1v) is 6.26. The van der Waals surface area contributed by atoms with E-state index in [1.54, 1.807) is 17.5 Å². The van der Waals surface area contributed by atoms with Crippen LogP contribution in [0.15, 0.2) is 30.0 Å². The number of hydrogen-bond donors (Lipinski definition) is 1. The molecule has 0 aromatic carbocycles.